The Kier molecular flexibility index (Phi) is 5.33. The van der Waals surface area contributed by atoms with Crippen molar-refractivity contribution in [2.75, 3.05) is 0 Å². The number of alkyl carbamates (subject to hydrolysis) is 2. The molecule has 2 rings (SSSR count). The van der Waals surface area contributed by atoms with Crippen LogP contribution in [0.1, 0.15) is 47.5 Å². The number of rotatable bonds is 3. The second-order valence-electron chi connectivity index (χ2n) is 7.90. The molecule has 26 heavy (non-hydrogen) atoms. The van der Waals surface area contributed by atoms with E-state index in [1.807, 2.05) is 6.92 Å². The first kappa shape index (κ1) is 19.8. The second-order valence-corrected chi connectivity index (χ2v) is 7.90. The molecule has 1 aliphatic heterocycles. The van der Waals surface area contributed by atoms with Gasteiger partial charge in [-0.05, 0) is 46.5 Å². The van der Waals surface area contributed by atoms with Crippen molar-refractivity contribution >= 4 is 24.0 Å². The first-order valence-corrected chi connectivity index (χ1v) is 8.50. The van der Waals surface area contributed by atoms with Gasteiger partial charge in [0.2, 0.25) is 0 Å². The van der Waals surface area contributed by atoms with Crippen LogP contribution in [0.4, 0.5) is 9.59 Å². The highest BCUT2D eigenvalue weighted by molar-refractivity contribution is 5.94. The van der Waals surface area contributed by atoms with Crippen molar-refractivity contribution in [3.05, 3.63) is 0 Å². The first-order valence-electron chi connectivity index (χ1n) is 8.50. The molecule has 146 valence electrons. The fourth-order valence-corrected chi connectivity index (χ4v) is 3.08. The van der Waals surface area contributed by atoms with Gasteiger partial charge in [-0.15, -0.1) is 0 Å². The summed E-state index contributed by atoms with van der Waals surface area (Å²) in [7, 11) is 0. The monoisotopic (exact) mass is 370 g/mol. The van der Waals surface area contributed by atoms with Gasteiger partial charge in [0.15, 0.2) is 0 Å². The molecule has 0 radical (unpaired) electrons. The minimum atomic E-state index is -1.14. The van der Waals surface area contributed by atoms with E-state index in [0.717, 1.165) is 0 Å². The number of carbonyl (C=O) groups is 4. The molecule has 4 N–H and O–H groups in total. The maximum absolute atomic E-state index is 12.5. The van der Waals surface area contributed by atoms with E-state index in [4.69, 9.17) is 9.47 Å². The molecule has 0 bridgehead atoms. The summed E-state index contributed by atoms with van der Waals surface area (Å²) in [5, 5.41) is 4.95. The van der Waals surface area contributed by atoms with Crippen molar-refractivity contribution in [3.8, 4) is 0 Å². The van der Waals surface area contributed by atoms with Crippen molar-refractivity contribution < 1.29 is 28.7 Å². The van der Waals surface area contributed by atoms with Crippen LogP contribution in [0.15, 0.2) is 0 Å². The van der Waals surface area contributed by atoms with Crippen molar-refractivity contribution in [3.63, 3.8) is 0 Å². The molecular formula is C16H26N4O6. The van der Waals surface area contributed by atoms with Crippen molar-refractivity contribution in [2.45, 2.75) is 70.7 Å². The van der Waals surface area contributed by atoms with Gasteiger partial charge in [0.05, 0.1) is 0 Å². The average Bonchev–Trinajstić information content (AvgIpc) is 2.79. The van der Waals surface area contributed by atoms with Crippen LogP contribution in [0, 0.1) is 5.92 Å². The topological polar surface area (TPSA) is 135 Å². The number of cyclic esters (lactones) is 1. The molecule has 0 aromatic carbocycles. The lowest BCUT2D eigenvalue weighted by atomic mass is 9.68. The first-order chi connectivity index (χ1) is 11.9. The van der Waals surface area contributed by atoms with Gasteiger partial charge in [0, 0.05) is 0 Å². The van der Waals surface area contributed by atoms with E-state index in [1.54, 1.807) is 27.7 Å². The summed E-state index contributed by atoms with van der Waals surface area (Å²) in [6.45, 7) is 8.68. The van der Waals surface area contributed by atoms with Gasteiger partial charge < -0.3 is 20.1 Å². The Balaban J connectivity index is 1.93. The predicted octanol–water partition coefficient (Wildman–Crippen LogP) is 0.324. The summed E-state index contributed by atoms with van der Waals surface area (Å²) in [6, 6.07) is -0.905. The van der Waals surface area contributed by atoms with E-state index in [2.05, 4.69) is 21.5 Å². The van der Waals surface area contributed by atoms with Crippen LogP contribution >= 0.6 is 0 Å². The molecule has 0 unspecified atom stereocenters. The quantitative estimate of drug-likeness (QED) is 0.529. The van der Waals surface area contributed by atoms with Crippen molar-refractivity contribution in [2.24, 2.45) is 5.92 Å². The normalized spacial score (nSPS) is 30.3. The molecule has 10 heteroatoms. The van der Waals surface area contributed by atoms with E-state index in [9.17, 15) is 19.2 Å². The number of hydrazine groups is 1. The van der Waals surface area contributed by atoms with Gasteiger partial charge in [0.25, 0.3) is 11.8 Å². The zero-order valence-electron chi connectivity index (χ0n) is 15.6. The second kappa shape index (κ2) is 7.00. The summed E-state index contributed by atoms with van der Waals surface area (Å²) in [5.74, 6) is -0.918. The van der Waals surface area contributed by atoms with Gasteiger partial charge in [-0.3, -0.25) is 20.4 Å². The Morgan fingerprint density at radius 3 is 2.27 bits per heavy atom. The maximum atomic E-state index is 12.5. The van der Waals surface area contributed by atoms with Crippen molar-refractivity contribution in [1.82, 2.24) is 21.5 Å². The summed E-state index contributed by atoms with van der Waals surface area (Å²) in [4.78, 5) is 47.8. The zero-order valence-corrected chi connectivity index (χ0v) is 15.6. The molecule has 4 amide bonds. The van der Waals surface area contributed by atoms with Crippen LogP contribution in [0.3, 0.4) is 0 Å². The lowest BCUT2D eigenvalue weighted by molar-refractivity contribution is -0.138. The Labute approximate surface area is 151 Å². The summed E-state index contributed by atoms with van der Waals surface area (Å²) >= 11 is 0. The predicted molar refractivity (Wildman–Crippen MR) is 89.7 cm³/mol. The Hall–Kier alpha value is -2.52. The lowest BCUT2D eigenvalue weighted by Crippen LogP contribution is -2.68. The zero-order chi connectivity index (χ0) is 19.7. The summed E-state index contributed by atoms with van der Waals surface area (Å²) < 4.78 is 10.0. The van der Waals surface area contributed by atoms with E-state index in [1.165, 1.54) is 0 Å². The molecule has 1 aliphatic carbocycles. The highest BCUT2D eigenvalue weighted by Gasteiger charge is 2.50. The standard InChI is InChI=1S/C16H26N4O6/c1-8-6-16(7-8,18-14(24)26-15(3,4)5)12(22)20-19-11(21)10-9(2)25-13(23)17-10/h8-10H,6-7H2,1-5H3,(H,17,23)(H,18,24)(H,19,21)(H,20,22)/t8?,9-,10+,16?/m1/s1. The molecule has 0 spiro atoms. The van der Waals surface area contributed by atoms with Crippen LogP contribution < -0.4 is 21.5 Å². The molecule has 2 fully saturated rings. The van der Waals surface area contributed by atoms with Gasteiger partial charge >= 0.3 is 12.2 Å². The average molecular weight is 370 g/mol. The van der Waals surface area contributed by atoms with Crippen LogP contribution in [0.25, 0.3) is 0 Å². The Morgan fingerprint density at radius 1 is 1.19 bits per heavy atom. The van der Waals surface area contributed by atoms with E-state index in [0.29, 0.717) is 12.8 Å². The number of hydrogen-bond donors (Lipinski definition) is 4. The Morgan fingerprint density at radius 2 is 1.81 bits per heavy atom. The molecule has 1 saturated carbocycles. The molecule has 0 aromatic rings. The molecule has 0 aromatic heterocycles. The molecule has 2 atom stereocenters. The van der Waals surface area contributed by atoms with Crippen molar-refractivity contribution in [1.29, 1.82) is 0 Å². The number of amides is 4. The van der Waals surface area contributed by atoms with E-state index >= 15 is 0 Å². The van der Waals surface area contributed by atoms with Crippen LogP contribution in [0.2, 0.25) is 0 Å². The highest BCUT2D eigenvalue weighted by Crippen LogP contribution is 2.37. The third-order valence-electron chi connectivity index (χ3n) is 4.19. The molecule has 2 aliphatic rings. The number of ether oxygens (including phenoxy) is 2. The molecule has 1 heterocycles. The highest BCUT2D eigenvalue weighted by atomic mass is 16.6. The van der Waals surface area contributed by atoms with Gasteiger partial charge in [-0.2, -0.15) is 0 Å². The summed E-state index contributed by atoms with van der Waals surface area (Å²) in [6.07, 6.45) is -1.20. The fraction of sp³-hybridized carbons (Fsp3) is 0.750. The van der Waals surface area contributed by atoms with Gasteiger partial charge in [-0.1, -0.05) is 6.92 Å². The lowest BCUT2D eigenvalue weighted by Gasteiger charge is -2.45. The largest absolute Gasteiger partial charge is 0.444 e. The molecule has 1 saturated heterocycles. The van der Waals surface area contributed by atoms with Gasteiger partial charge in [0.1, 0.15) is 23.3 Å². The Bertz CT molecular complexity index is 608. The summed E-state index contributed by atoms with van der Waals surface area (Å²) in [5.41, 5.74) is 2.74. The third kappa shape index (κ3) is 4.55. The van der Waals surface area contributed by atoms with Crippen LogP contribution in [-0.4, -0.2) is 47.3 Å². The number of carbonyl (C=O) groups excluding carboxylic acids is 4. The molecular weight excluding hydrogens is 344 g/mol. The smallest absolute Gasteiger partial charge is 0.408 e. The van der Waals surface area contributed by atoms with Gasteiger partial charge in [-0.25, -0.2) is 9.59 Å². The van der Waals surface area contributed by atoms with E-state index in [-0.39, 0.29) is 5.92 Å². The third-order valence-corrected chi connectivity index (χ3v) is 4.19. The minimum Gasteiger partial charge on any atom is -0.444 e. The fourth-order valence-electron chi connectivity index (χ4n) is 3.08. The SMILES string of the molecule is CC1CC(NC(=O)OC(C)(C)C)(C(=O)NNC(=O)[C@H]2NC(=O)O[C@@H]2C)C1. The number of hydrogen-bond acceptors (Lipinski definition) is 6. The van der Waals surface area contributed by atoms with Crippen LogP contribution in [-0.2, 0) is 19.1 Å². The van der Waals surface area contributed by atoms with E-state index < -0.39 is 47.3 Å². The molecule has 10 nitrogen and oxygen atoms in total. The maximum Gasteiger partial charge on any atom is 0.408 e. The minimum absolute atomic E-state index is 0.244. The van der Waals surface area contributed by atoms with Crippen LogP contribution in [0.5, 0.6) is 0 Å². The number of nitrogens with one attached hydrogen (secondary N) is 4.